The third-order valence-electron chi connectivity index (χ3n) is 2.70. The number of rotatable bonds is 3. The molecule has 1 aromatic rings. The van der Waals surface area contributed by atoms with Gasteiger partial charge in [-0.2, -0.15) is 0 Å². The van der Waals surface area contributed by atoms with Crippen molar-refractivity contribution >= 4 is 29.3 Å². The number of morpholine rings is 1. The van der Waals surface area contributed by atoms with Gasteiger partial charge in [-0.25, -0.2) is 9.97 Å². The summed E-state index contributed by atoms with van der Waals surface area (Å²) in [4.78, 5) is 22.1. The Bertz CT molecular complexity index is 444. The lowest BCUT2D eigenvalue weighted by molar-refractivity contribution is -0.134. The Morgan fingerprint density at radius 2 is 1.95 bits per heavy atom. The smallest absolute Gasteiger partial charge is 0.236 e. The molecule has 1 fully saturated rings. The number of thioether (sulfide) groups is 1. The molecule has 1 aromatic heterocycles. The molecule has 2 rings (SSSR count). The minimum atomic E-state index is -0.278. The lowest BCUT2D eigenvalue weighted by Gasteiger charge is -2.28. The molecule has 2 heterocycles. The van der Waals surface area contributed by atoms with Gasteiger partial charge in [-0.15, -0.1) is 0 Å². The molecule has 1 aliphatic rings. The van der Waals surface area contributed by atoms with E-state index in [1.807, 2.05) is 6.92 Å². The number of hydrogen-bond acceptors (Lipinski definition) is 7. The maximum absolute atomic E-state index is 12.2. The van der Waals surface area contributed by atoms with Gasteiger partial charge in [0.25, 0.3) is 0 Å². The van der Waals surface area contributed by atoms with E-state index < -0.39 is 0 Å². The maximum atomic E-state index is 12.2. The number of aromatic nitrogens is 2. The fourth-order valence-corrected chi connectivity index (χ4v) is 2.65. The Balaban J connectivity index is 1.99. The Labute approximate surface area is 115 Å². The van der Waals surface area contributed by atoms with Gasteiger partial charge in [-0.05, 0) is 6.92 Å². The molecule has 0 spiro atoms. The van der Waals surface area contributed by atoms with Gasteiger partial charge in [0.05, 0.1) is 18.5 Å². The van der Waals surface area contributed by atoms with Crippen LogP contribution in [0.1, 0.15) is 6.92 Å². The molecule has 1 atom stereocenters. The fourth-order valence-electron chi connectivity index (χ4n) is 1.76. The van der Waals surface area contributed by atoms with Crippen LogP contribution in [-0.4, -0.2) is 52.3 Å². The number of nitrogens with two attached hydrogens (primary N) is 2. The van der Waals surface area contributed by atoms with Crippen molar-refractivity contribution in [3.05, 3.63) is 6.07 Å². The van der Waals surface area contributed by atoms with Crippen LogP contribution in [0.15, 0.2) is 11.2 Å². The van der Waals surface area contributed by atoms with E-state index >= 15 is 0 Å². The number of carbonyl (C=O) groups excluding carboxylic acids is 1. The van der Waals surface area contributed by atoms with Gasteiger partial charge in [0, 0.05) is 19.2 Å². The molecule has 19 heavy (non-hydrogen) atoms. The van der Waals surface area contributed by atoms with E-state index in [1.165, 1.54) is 17.8 Å². The molecule has 8 heteroatoms. The van der Waals surface area contributed by atoms with Crippen molar-refractivity contribution in [3.8, 4) is 0 Å². The summed E-state index contributed by atoms with van der Waals surface area (Å²) < 4.78 is 5.22. The van der Waals surface area contributed by atoms with Crippen LogP contribution in [0.3, 0.4) is 0 Å². The van der Waals surface area contributed by atoms with Gasteiger partial charge in [0.2, 0.25) is 5.91 Å². The van der Waals surface area contributed by atoms with Crippen LogP contribution in [0, 0.1) is 0 Å². The molecule has 1 amide bonds. The molecule has 0 bridgehead atoms. The summed E-state index contributed by atoms with van der Waals surface area (Å²) in [6.45, 7) is 4.26. The first kappa shape index (κ1) is 13.9. The van der Waals surface area contributed by atoms with Crippen molar-refractivity contribution in [2.75, 3.05) is 37.8 Å². The SMILES string of the molecule is CC(Sc1nc(N)cc(N)n1)C(=O)N1CCOCC1. The summed E-state index contributed by atoms with van der Waals surface area (Å²) in [5.41, 5.74) is 11.2. The van der Waals surface area contributed by atoms with Crippen LogP contribution in [0.2, 0.25) is 0 Å². The molecular formula is C11H17N5O2S. The third kappa shape index (κ3) is 3.71. The second-order valence-electron chi connectivity index (χ2n) is 4.20. The van der Waals surface area contributed by atoms with Crippen LogP contribution in [0.5, 0.6) is 0 Å². The second kappa shape index (κ2) is 6.07. The summed E-state index contributed by atoms with van der Waals surface area (Å²) in [6, 6.07) is 1.48. The number of nitrogen functional groups attached to an aromatic ring is 2. The van der Waals surface area contributed by atoms with E-state index in [-0.39, 0.29) is 11.2 Å². The lowest BCUT2D eigenvalue weighted by Crippen LogP contribution is -2.44. The highest BCUT2D eigenvalue weighted by Gasteiger charge is 2.24. The Morgan fingerprint density at radius 3 is 2.53 bits per heavy atom. The van der Waals surface area contributed by atoms with Gasteiger partial charge < -0.3 is 21.1 Å². The summed E-state index contributed by atoms with van der Waals surface area (Å²) in [7, 11) is 0. The first-order chi connectivity index (χ1) is 9.06. The number of anilines is 2. The van der Waals surface area contributed by atoms with Crippen LogP contribution < -0.4 is 11.5 Å². The normalized spacial score (nSPS) is 17.2. The summed E-state index contributed by atoms with van der Waals surface area (Å²) >= 11 is 1.26. The molecule has 1 unspecified atom stereocenters. The molecule has 1 aliphatic heterocycles. The van der Waals surface area contributed by atoms with Gasteiger partial charge in [-0.3, -0.25) is 4.79 Å². The van der Waals surface area contributed by atoms with Crippen LogP contribution in [-0.2, 0) is 9.53 Å². The lowest BCUT2D eigenvalue weighted by atomic mass is 10.3. The van der Waals surface area contributed by atoms with Gasteiger partial charge in [-0.1, -0.05) is 11.8 Å². The second-order valence-corrected chi connectivity index (χ2v) is 5.51. The Morgan fingerprint density at radius 1 is 1.37 bits per heavy atom. The summed E-state index contributed by atoms with van der Waals surface area (Å²) in [5.74, 6) is 0.667. The number of nitrogens with zero attached hydrogens (tertiary/aromatic N) is 3. The molecule has 0 saturated carbocycles. The zero-order chi connectivity index (χ0) is 13.8. The average Bonchev–Trinajstić information content (AvgIpc) is 2.37. The van der Waals surface area contributed by atoms with Crippen LogP contribution >= 0.6 is 11.8 Å². The largest absolute Gasteiger partial charge is 0.383 e. The molecular weight excluding hydrogens is 266 g/mol. The number of hydrogen-bond donors (Lipinski definition) is 2. The summed E-state index contributed by atoms with van der Waals surface area (Å²) in [5, 5.41) is 0.144. The van der Waals surface area contributed by atoms with Crippen LogP contribution in [0.25, 0.3) is 0 Å². The van der Waals surface area contributed by atoms with Gasteiger partial charge >= 0.3 is 0 Å². The molecule has 1 saturated heterocycles. The topological polar surface area (TPSA) is 107 Å². The minimum Gasteiger partial charge on any atom is -0.383 e. The van der Waals surface area contributed by atoms with Crippen LogP contribution in [0.4, 0.5) is 11.6 Å². The zero-order valence-electron chi connectivity index (χ0n) is 10.7. The first-order valence-electron chi connectivity index (χ1n) is 5.99. The quantitative estimate of drug-likeness (QED) is 0.593. The molecule has 0 aromatic carbocycles. The van der Waals surface area contributed by atoms with Crippen molar-refractivity contribution in [3.63, 3.8) is 0 Å². The zero-order valence-corrected chi connectivity index (χ0v) is 11.5. The van der Waals surface area contributed by atoms with E-state index in [9.17, 15) is 4.79 Å². The van der Waals surface area contributed by atoms with Crippen molar-refractivity contribution < 1.29 is 9.53 Å². The van der Waals surface area contributed by atoms with E-state index in [0.717, 1.165) is 0 Å². The van der Waals surface area contributed by atoms with Gasteiger partial charge in [0.15, 0.2) is 5.16 Å². The number of amides is 1. The first-order valence-corrected chi connectivity index (χ1v) is 6.87. The van der Waals surface area contributed by atoms with Crippen molar-refractivity contribution in [1.29, 1.82) is 0 Å². The fraction of sp³-hybridized carbons (Fsp3) is 0.545. The molecule has 4 N–H and O–H groups in total. The van der Waals surface area contributed by atoms with E-state index in [0.29, 0.717) is 43.1 Å². The highest BCUT2D eigenvalue weighted by atomic mass is 32.2. The molecule has 0 aliphatic carbocycles. The highest BCUT2D eigenvalue weighted by molar-refractivity contribution is 8.00. The van der Waals surface area contributed by atoms with Gasteiger partial charge in [0.1, 0.15) is 11.6 Å². The third-order valence-corrected chi connectivity index (χ3v) is 3.65. The molecule has 7 nitrogen and oxygen atoms in total. The standard InChI is InChI=1S/C11H17N5O2S/c1-7(10(17)16-2-4-18-5-3-16)19-11-14-8(12)6-9(13)15-11/h6-7H,2-5H2,1H3,(H4,12,13,14,15). The maximum Gasteiger partial charge on any atom is 0.236 e. The monoisotopic (exact) mass is 283 g/mol. The van der Waals surface area contributed by atoms with Crippen molar-refractivity contribution in [1.82, 2.24) is 14.9 Å². The highest BCUT2D eigenvalue weighted by Crippen LogP contribution is 2.23. The van der Waals surface area contributed by atoms with Crippen molar-refractivity contribution in [2.24, 2.45) is 0 Å². The minimum absolute atomic E-state index is 0.0536. The predicted octanol–water partition coefficient (Wildman–Crippen LogP) is -0.0196. The summed E-state index contributed by atoms with van der Waals surface area (Å²) in [6.07, 6.45) is 0. The van der Waals surface area contributed by atoms with E-state index in [2.05, 4.69) is 9.97 Å². The average molecular weight is 283 g/mol. The van der Waals surface area contributed by atoms with E-state index in [1.54, 1.807) is 4.90 Å². The van der Waals surface area contributed by atoms with Crippen molar-refractivity contribution in [2.45, 2.75) is 17.3 Å². The van der Waals surface area contributed by atoms with E-state index in [4.69, 9.17) is 16.2 Å². The number of ether oxygens (including phenoxy) is 1. The molecule has 104 valence electrons. The number of carbonyl (C=O) groups is 1. The Hall–Kier alpha value is -1.54. The molecule has 0 radical (unpaired) electrons. The predicted molar refractivity (Wildman–Crippen MR) is 73.6 cm³/mol. The Kier molecular flexibility index (Phi) is 4.43.